The predicted octanol–water partition coefficient (Wildman–Crippen LogP) is 4.07. The molecule has 1 aliphatic rings. The molecule has 6 heteroatoms. The average molecular weight is 362 g/mol. The van der Waals surface area contributed by atoms with Crippen LogP contribution < -0.4 is 4.90 Å². The Bertz CT molecular complexity index is 498. The molecule has 0 bridgehead atoms. The molecule has 0 spiro atoms. The van der Waals surface area contributed by atoms with Crippen molar-refractivity contribution >= 4 is 39.3 Å². The van der Waals surface area contributed by atoms with Gasteiger partial charge >= 0.3 is 6.09 Å². The van der Waals surface area contributed by atoms with Gasteiger partial charge in [-0.05, 0) is 67.0 Å². The van der Waals surface area contributed by atoms with Crippen molar-refractivity contribution in [3.63, 3.8) is 0 Å². The van der Waals surface area contributed by atoms with E-state index >= 15 is 0 Å². The second kappa shape index (κ2) is 6.78. The van der Waals surface area contributed by atoms with Gasteiger partial charge in [-0.15, -0.1) is 0 Å². The van der Waals surface area contributed by atoms with E-state index < -0.39 is 6.09 Å². The molecule has 1 fully saturated rings. The van der Waals surface area contributed by atoms with Crippen molar-refractivity contribution in [2.75, 3.05) is 25.0 Å². The van der Waals surface area contributed by atoms with Gasteiger partial charge in [0.25, 0.3) is 0 Å². The lowest BCUT2D eigenvalue weighted by Gasteiger charge is -2.25. The zero-order valence-electron chi connectivity index (χ0n) is 11.4. The molecular weight excluding hydrogens is 344 g/mol. The van der Waals surface area contributed by atoms with Crippen molar-refractivity contribution < 1.29 is 9.90 Å². The maximum Gasteiger partial charge on any atom is 0.411 e. The second-order valence-electron chi connectivity index (χ2n) is 5.10. The quantitative estimate of drug-likeness (QED) is 0.879. The lowest BCUT2D eigenvalue weighted by Crippen LogP contribution is -2.35. The Balaban J connectivity index is 2.09. The zero-order valence-corrected chi connectivity index (χ0v) is 13.7. The van der Waals surface area contributed by atoms with Crippen molar-refractivity contribution in [3.8, 4) is 0 Å². The van der Waals surface area contributed by atoms with Gasteiger partial charge in [-0.3, -0.25) is 4.90 Å². The van der Waals surface area contributed by atoms with Crippen molar-refractivity contribution in [1.29, 1.82) is 0 Å². The number of benzene rings is 1. The SMILES string of the molecule is CN1CCCC1CCN(C(=O)O)c1ccc(Cl)cc1Br. The minimum Gasteiger partial charge on any atom is -0.465 e. The smallest absolute Gasteiger partial charge is 0.411 e. The maximum atomic E-state index is 11.5. The number of halogens is 2. The number of likely N-dealkylation sites (tertiary alicyclic amines) is 1. The van der Waals surface area contributed by atoms with Crippen LogP contribution in [0.1, 0.15) is 19.3 Å². The van der Waals surface area contributed by atoms with E-state index in [1.54, 1.807) is 18.2 Å². The van der Waals surface area contributed by atoms with Gasteiger partial charge in [-0.2, -0.15) is 0 Å². The molecule has 1 heterocycles. The molecule has 2 rings (SSSR count). The van der Waals surface area contributed by atoms with Crippen LogP contribution in [0.4, 0.5) is 10.5 Å². The molecule has 1 aromatic carbocycles. The van der Waals surface area contributed by atoms with Crippen LogP contribution in [0, 0.1) is 0 Å². The minimum atomic E-state index is -0.936. The van der Waals surface area contributed by atoms with Gasteiger partial charge in [-0.1, -0.05) is 11.6 Å². The van der Waals surface area contributed by atoms with Gasteiger partial charge < -0.3 is 10.0 Å². The van der Waals surface area contributed by atoms with Crippen LogP contribution in [0.25, 0.3) is 0 Å². The Kier molecular flexibility index (Phi) is 5.29. The van der Waals surface area contributed by atoms with Gasteiger partial charge in [0, 0.05) is 22.1 Å². The van der Waals surface area contributed by atoms with E-state index in [9.17, 15) is 9.90 Å². The van der Waals surface area contributed by atoms with E-state index in [0.717, 1.165) is 19.4 Å². The van der Waals surface area contributed by atoms with E-state index in [1.807, 2.05) is 0 Å². The number of carboxylic acid groups (broad SMARTS) is 1. The Labute approximate surface area is 132 Å². The summed E-state index contributed by atoms with van der Waals surface area (Å²) in [5.41, 5.74) is 0.641. The Morgan fingerprint density at radius 1 is 1.60 bits per heavy atom. The van der Waals surface area contributed by atoms with Crippen LogP contribution in [-0.4, -0.2) is 42.3 Å². The summed E-state index contributed by atoms with van der Waals surface area (Å²) in [7, 11) is 2.10. The second-order valence-corrected chi connectivity index (χ2v) is 6.39. The molecular formula is C14H18BrClN2O2. The molecule has 1 aliphatic heterocycles. The number of nitrogens with zero attached hydrogens (tertiary/aromatic N) is 2. The highest BCUT2D eigenvalue weighted by Crippen LogP contribution is 2.30. The maximum absolute atomic E-state index is 11.5. The Hall–Kier alpha value is -0.780. The monoisotopic (exact) mass is 360 g/mol. The third kappa shape index (κ3) is 3.65. The molecule has 0 aromatic heterocycles. The van der Waals surface area contributed by atoms with Crippen molar-refractivity contribution in [2.45, 2.75) is 25.3 Å². The number of rotatable bonds is 4. The summed E-state index contributed by atoms with van der Waals surface area (Å²) in [6, 6.07) is 5.63. The minimum absolute atomic E-state index is 0.475. The fraction of sp³-hybridized carbons (Fsp3) is 0.500. The highest BCUT2D eigenvalue weighted by atomic mass is 79.9. The number of carbonyl (C=O) groups is 1. The summed E-state index contributed by atoms with van der Waals surface area (Å²) in [5.74, 6) is 0. The van der Waals surface area contributed by atoms with Gasteiger partial charge in [0.2, 0.25) is 0 Å². The molecule has 1 atom stereocenters. The molecule has 1 saturated heterocycles. The first-order chi connectivity index (χ1) is 9.49. The van der Waals surface area contributed by atoms with Crippen LogP contribution in [0.5, 0.6) is 0 Å². The third-order valence-electron chi connectivity index (χ3n) is 3.79. The molecule has 4 nitrogen and oxygen atoms in total. The average Bonchev–Trinajstić information content (AvgIpc) is 2.77. The summed E-state index contributed by atoms with van der Waals surface area (Å²) < 4.78 is 0.701. The first-order valence-corrected chi connectivity index (χ1v) is 7.82. The molecule has 1 aromatic rings. The summed E-state index contributed by atoms with van der Waals surface area (Å²) in [4.78, 5) is 15.2. The number of amides is 1. The number of hydrogen-bond acceptors (Lipinski definition) is 2. The molecule has 110 valence electrons. The van der Waals surface area contributed by atoms with Gasteiger partial charge in [0.05, 0.1) is 5.69 Å². The van der Waals surface area contributed by atoms with Crippen LogP contribution in [0.15, 0.2) is 22.7 Å². The summed E-state index contributed by atoms with van der Waals surface area (Å²) in [6.07, 6.45) is 2.25. The molecule has 1 N–H and O–H groups in total. The molecule has 20 heavy (non-hydrogen) atoms. The van der Waals surface area contributed by atoms with E-state index in [4.69, 9.17) is 11.6 Å². The first kappa shape index (κ1) is 15.6. The lowest BCUT2D eigenvalue weighted by atomic mass is 10.1. The third-order valence-corrected chi connectivity index (χ3v) is 4.66. The van der Waals surface area contributed by atoms with Crippen molar-refractivity contribution in [3.05, 3.63) is 27.7 Å². The number of hydrogen-bond donors (Lipinski definition) is 1. The van der Waals surface area contributed by atoms with Gasteiger partial charge in [-0.25, -0.2) is 4.79 Å². The standard InChI is InChI=1S/C14H18BrClN2O2/c1-17-7-2-3-11(17)6-8-18(14(19)20)13-5-4-10(16)9-12(13)15/h4-5,9,11H,2-3,6-8H2,1H3,(H,19,20). The van der Waals surface area contributed by atoms with Crippen LogP contribution in [-0.2, 0) is 0 Å². The fourth-order valence-electron chi connectivity index (χ4n) is 2.64. The van der Waals surface area contributed by atoms with E-state index in [-0.39, 0.29) is 0 Å². The van der Waals surface area contributed by atoms with Crippen molar-refractivity contribution in [2.24, 2.45) is 0 Å². The normalized spacial score (nSPS) is 19.2. The summed E-state index contributed by atoms with van der Waals surface area (Å²) in [6.45, 7) is 1.59. The summed E-state index contributed by atoms with van der Waals surface area (Å²) in [5, 5.41) is 10.0. The topological polar surface area (TPSA) is 43.8 Å². The fourth-order valence-corrected chi connectivity index (χ4v) is 3.54. The van der Waals surface area contributed by atoms with Crippen LogP contribution in [0.2, 0.25) is 5.02 Å². The molecule has 0 radical (unpaired) electrons. The Morgan fingerprint density at radius 3 is 2.90 bits per heavy atom. The van der Waals surface area contributed by atoms with E-state index in [0.29, 0.717) is 27.8 Å². The van der Waals surface area contributed by atoms with E-state index in [2.05, 4.69) is 27.9 Å². The van der Waals surface area contributed by atoms with Crippen LogP contribution in [0.3, 0.4) is 0 Å². The van der Waals surface area contributed by atoms with Crippen molar-refractivity contribution in [1.82, 2.24) is 4.90 Å². The predicted molar refractivity (Wildman–Crippen MR) is 84.8 cm³/mol. The largest absolute Gasteiger partial charge is 0.465 e. The molecule has 0 saturated carbocycles. The first-order valence-electron chi connectivity index (χ1n) is 6.65. The highest BCUT2D eigenvalue weighted by Gasteiger charge is 2.24. The number of anilines is 1. The van der Waals surface area contributed by atoms with Gasteiger partial charge in [0.1, 0.15) is 0 Å². The Morgan fingerprint density at radius 2 is 2.35 bits per heavy atom. The lowest BCUT2D eigenvalue weighted by molar-refractivity contribution is 0.200. The molecule has 1 amide bonds. The highest BCUT2D eigenvalue weighted by molar-refractivity contribution is 9.10. The molecule has 1 unspecified atom stereocenters. The van der Waals surface area contributed by atoms with Crippen LogP contribution >= 0.6 is 27.5 Å². The molecule has 0 aliphatic carbocycles. The van der Waals surface area contributed by atoms with E-state index in [1.165, 1.54) is 11.3 Å². The summed E-state index contributed by atoms with van der Waals surface area (Å²) >= 11 is 9.28. The zero-order chi connectivity index (χ0) is 14.7. The van der Waals surface area contributed by atoms with Gasteiger partial charge in [0.15, 0.2) is 0 Å².